The molecule has 9 heteroatoms. The summed E-state index contributed by atoms with van der Waals surface area (Å²) in [5.74, 6) is -1.07. The van der Waals surface area contributed by atoms with Gasteiger partial charge in [0.05, 0.1) is 0 Å². The van der Waals surface area contributed by atoms with E-state index in [4.69, 9.17) is 17.2 Å². The number of carbonyl (C=O) groups excluding carboxylic acids is 1. The molecule has 21 heavy (non-hydrogen) atoms. The van der Waals surface area contributed by atoms with Crippen molar-refractivity contribution in [2.75, 3.05) is 6.54 Å². The molecule has 0 saturated heterocycles. The minimum atomic E-state index is -4.15. The average Bonchev–Trinajstić information content (AvgIpc) is 2.43. The zero-order valence-corrected chi connectivity index (χ0v) is 12.1. The molecule has 1 aromatic rings. The summed E-state index contributed by atoms with van der Waals surface area (Å²) in [6.07, 6.45) is 0.638. The molecule has 0 spiro atoms. The predicted molar refractivity (Wildman–Crippen MR) is 77.6 cm³/mol. The molecule has 0 aliphatic heterocycles. The highest BCUT2D eigenvalue weighted by molar-refractivity contribution is 7.87. The quantitative estimate of drug-likeness (QED) is 0.260. The molecule has 1 aromatic carbocycles. The van der Waals surface area contributed by atoms with E-state index in [1.54, 1.807) is 6.07 Å². The molecule has 6 N–H and O–H groups in total. The third kappa shape index (κ3) is 5.79. The molecule has 0 bridgehead atoms. The molecule has 116 valence electrons. The first-order valence-electron chi connectivity index (χ1n) is 6.17. The average molecular weight is 314 g/mol. The maximum atomic E-state index is 11.8. The summed E-state index contributed by atoms with van der Waals surface area (Å²) in [6.45, 7) is 0.300. The van der Waals surface area contributed by atoms with Crippen LogP contribution in [0.3, 0.4) is 0 Å². The zero-order valence-electron chi connectivity index (χ0n) is 11.3. The minimum Gasteiger partial charge on any atom is -0.370 e. The van der Waals surface area contributed by atoms with Crippen molar-refractivity contribution in [2.24, 2.45) is 22.2 Å². The monoisotopic (exact) mass is 314 g/mol. The van der Waals surface area contributed by atoms with Crippen molar-refractivity contribution in [3.63, 3.8) is 0 Å². The van der Waals surface area contributed by atoms with Crippen LogP contribution in [-0.4, -0.2) is 32.9 Å². The summed E-state index contributed by atoms with van der Waals surface area (Å²) in [7, 11) is -4.15. The Balaban J connectivity index is 2.54. The first-order valence-corrected chi connectivity index (χ1v) is 7.58. The normalized spacial score (nSPS) is 12.4. The Morgan fingerprint density at radius 1 is 1.24 bits per heavy atom. The number of nitrogens with zero attached hydrogens (tertiary/aromatic N) is 1. The van der Waals surface area contributed by atoms with Crippen molar-refractivity contribution in [2.45, 2.75) is 23.8 Å². The van der Waals surface area contributed by atoms with Crippen LogP contribution < -0.4 is 17.2 Å². The van der Waals surface area contributed by atoms with Crippen molar-refractivity contribution in [1.82, 2.24) is 0 Å². The summed E-state index contributed by atoms with van der Waals surface area (Å²) in [6, 6.07) is 6.29. The van der Waals surface area contributed by atoms with Crippen molar-refractivity contribution in [3.05, 3.63) is 30.3 Å². The summed E-state index contributed by atoms with van der Waals surface area (Å²) in [4.78, 5) is 15.3. The van der Waals surface area contributed by atoms with Crippen molar-refractivity contribution < 1.29 is 17.4 Å². The number of guanidine groups is 1. The maximum Gasteiger partial charge on any atom is 0.341 e. The molecule has 8 nitrogen and oxygen atoms in total. The fraction of sp³-hybridized carbons (Fsp3) is 0.333. The van der Waals surface area contributed by atoms with Crippen LogP contribution in [0.15, 0.2) is 40.2 Å². The number of carbonyl (C=O) groups is 1. The lowest BCUT2D eigenvalue weighted by Gasteiger charge is -2.10. The van der Waals surface area contributed by atoms with E-state index in [9.17, 15) is 13.2 Å². The summed E-state index contributed by atoms with van der Waals surface area (Å²) >= 11 is 0. The summed E-state index contributed by atoms with van der Waals surface area (Å²) in [5.41, 5.74) is 15.9. The molecule has 0 heterocycles. The zero-order chi connectivity index (χ0) is 15.9. The molecule has 0 amide bonds. The molecule has 0 unspecified atom stereocenters. The van der Waals surface area contributed by atoms with Gasteiger partial charge >= 0.3 is 16.1 Å². The van der Waals surface area contributed by atoms with Gasteiger partial charge in [-0.2, -0.15) is 8.42 Å². The fourth-order valence-corrected chi connectivity index (χ4v) is 2.37. The van der Waals surface area contributed by atoms with E-state index in [0.29, 0.717) is 13.0 Å². The first-order chi connectivity index (χ1) is 9.83. The van der Waals surface area contributed by atoms with Gasteiger partial charge in [0.15, 0.2) is 5.96 Å². The van der Waals surface area contributed by atoms with Gasteiger partial charge in [-0.25, -0.2) is 4.79 Å². The molecular weight excluding hydrogens is 296 g/mol. The molecule has 0 aromatic heterocycles. The predicted octanol–water partition coefficient (Wildman–Crippen LogP) is -0.701. The van der Waals surface area contributed by atoms with E-state index in [0.717, 1.165) is 0 Å². The third-order valence-electron chi connectivity index (χ3n) is 2.49. The van der Waals surface area contributed by atoms with Crippen molar-refractivity contribution in [3.8, 4) is 0 Å². The highest BCUT2D eigenvalue weighted by Gasteiger charge is 2.24. The van der Waals surface area contributed by atoms with Gasteiger partial charge in [0, 0.05) is 6.54 Å². The van der Waals surface area contributed by atoms with Crippen LogP contribution in [0.1, 0.15) is 12.8 Å². The van der Waals surface area contributed by atoms with Gasteiger partial charge in [0.2, 0.25) is 0 Å². The molecule has 0 aliphatic carbocycles. The molecule has 1 atom stereocenters. The molecule has 0 saturated carbocycles. The SMILES string of the molecule is NC(N)=NCCC[C@H](N)C(=O)OS(=O)(=O)c1ccccc1. The lowest BCUT2D eigenvalue weighted by Crippen LogP contribution is -2.34. The second kappa shape index (κ2) is 7.60. The fourth-order valence-electron chi connectivity index (χ4n) is 1.44. The van der Waals surface area contributed by atoms with E-state index >= 15 is 0 Å². The topological polar surface area (TPSA) is 151 Å². The van der Waals surface area contributed by atoms with Crippen LogP contribution in [0.25, 0.3) is 0 Å². The Morgan fingerprint density at radius 2 is 1.86 bits per heavy atom. The van der Waals surface area contributed by atoms with E-state index in [1.165, 1.54) is 24.3 Å². The lowest BCUT2D eigenvalue weighted by molar-refractivity contribution is -0.135. The van der Waals surface area contributed by atoms with Gasteiger partial charge in [-0.3, -0.25) is 4.99 Å². The third-order valence-corrected chi connectivity index (χ3v) is 3.73. The van der Waals surface area contributed by atoms with Crippen LogP contribution >= 0.6 is 0 Å². The second-order valence-corrected chi connectivity index (χ2v) is 5.77. The van der Waals surface area contributed by atoms with E-state index in [1.807, 2.05) is 0 Å². The number of benzene rings is 1. The van der Waals surface area contributed by atoms with Gasteiger partial charge in [-0.15, -0.1) is 0 Å². The van der Waals surface area contributed by atoms with Crippen molar-refractivity contribution in [1.29, 1.82) is 0 Å². The number of aliphatic imine (C=N–C) groups is 1. The highest BCUT2D eigenvalue weighted by atomic mass is 32.2. The highest BCUT2D eigenvalue weighted by Crippen LogP contribution is 2.12. The smallest absolute Gasteiger partial charge is 0.341 e. The summed E-state index contributed by atoms with van der Waals surface area (Å²) < 4.78 is 28.1. The Hall–Kier alpha value is -2.13. The maximum absolute atomic E-state index is 11.8. The van der Waals surface area contributed by atoms with Crippen LogP contribution in [0, 0.1) is 0 Å². The van der Waals surface area contributed by atoms with E-state index in [-0.39, 0.29) is 17.3 Å². The Bertz CT molecular complexity index is 597. The van der Waals surface area contributed by atoms with Gasteiger partial charge in [0.1, 0.15) is 10.9 Å². The number of hydrogen-bond donors (Lipinski definition) is 3. The Labute approximate surface area is 123 Å². The van der Waals surface area contributed by atoms with Gasteiger partial charge in [-0.05, 0) is 25.0 Å². The van der Waals surface area contributed by atoms with E-state index in [2.05, 4.69) is 9.18 Å². The Morgan fingerprint density at radius 3 is 2.43 bits per heavy atom. The minimum absolute atomic E-state index is 0.0576. The van der Waals surface area contributed by atoms with Crippen molar-refractivity contribution >= 4 is 22.0 Å². The number of hydrogen-bond acceptors (Lipinski definition) is 6. The second-order valence-electron chi connectivity index (χ2n) is 4.22. The van der Waals surface area contributed by atoms with E-state index < -0.39 is 22.1 Å². The van der Waals surface area contributed by atoms with Gasteiger partial charge in [0.25, 0.3) is 0 Å². The summed E-state index contributed by atoms with van der Waals surface area (Å²) in [5, 5.41) is 0. The van der Waals surface area contributed by atoms with Crippen LogP contribution in [0.5, 0.6) is 0 Å². The molecule has 0 aliphatic rings. The Kier molecular flexibility index (Phi) is 6.12. The number of rotatable bonds is 7. The number of nitrogens with two attached hydrogens (primary N) is 3. The van der Waals surface area contributed by atoms with Crippen LogP contribution in [0.4, 0.5) is 0 Å². The standard InChI is InChI=1S/C12H18N4O4S/c13-10(7-4-8-16-12(14)15)11(17)20-21(18,19)9-5-2-1-3-6-9/h1-3,5-6,10H,4,7-8,13H2,(H4,14,15,16)/t10-/m0/s1. The van der Waals surface area contributed by atoms with Crippen LogP contribution in [-0.2, 0) is 19.1 Å². The van der Waals surface area contributed by atoms with Gasteiger partial charge in [-0.1, -0.05) is 18.2 Å². The molecular formula is C12H18N4O4S. The molecule has 0 fully saturated rings. The first kappa shape index (κ1) is 16.9. The lowest BCUT2D eigenvalue weighted by atomic mass is 10.2. The largest absolute Gasteiger partial charge is 0.370 e. The van der Waals surface area contributed by atoms with Gasteiger partial charge < -0.3 is 21.4 Å². The molecule has 0 radical (unpaired) electrons. The van der Waals surface area contributed by atoms with Crippen LogP contribution in [0.2, 0.25) is 0 Å². The molecule has 1 rings (SSSR count).